The van der Waals surface area contributed by atoms with Gasteiger partial charge in [-0.2, -0.15) is 5.10 Å². The summed E-state index contributed by atoms with van der Waals surface area (Å²) in [7, 11) is 2.98. The molecule has 1 aromatic carbocycles. The number of methoxy groups -OCH3 is 1. The first-order valence-corrected chi connectivity index (χ1v) is 6.66. The predicted octanol–water partition coefficient (Wildman–Crippen LogP) is 3.00. The maximum absolute atomic E-state index is 12.1. The molecule has 0 radical (unpaired) electrons. The summed E-state index contributed by atoms with van der Waals surface area (Å²) in [6, 6.07) is 5.42. The van der Waals surface area contributed by atoms with Crippen molar-refractivity contribution in [2.75, 3.05) is 7.11 Å². The molecule has 23 heavy (non-hydrogen) atoms. The van der Waals surface area contributed by atoms with Crippen LogP contribution in [0.1, 0.15) is 27.3 Å². The molecular weight excluding hydrogens is 313 g/mol. The second-order valence-electron chi connectivity index (χ2n) is 4.89. The Morgan fingerprint density at radius 3 is 2.39 bits per heavy atom. The van der Waals surface area contributed by atoms with Gasteiger partial charge in [0, 0.05) is 19.2 Å². The third-order valence-electron chi connectivity index (χ3n) is 3.32. The van der Waals surface area contributed by atoms with Crippen molar-refractivity contribution in [2.24, 2.45) is 7.05 Å². The molecule has 0 saturated carbocycles. The Morgan fingerprint density at radius 2 is 1.87 bits per heavy atom. The van der Waals surface area contributed by atoms with Gasteiger partial charge in [0.2, 0.25) is 0 Å². The average Bonchev–Trinajstić information content (AvgIpc) is 2.74. The maximum atomic E-state index is 12.1. The van der Waals surface area contributed by atoms with E-state index in [9.17, 15) is 18.0 Å². The molecule has 0 bridgehead atoms. The van der Waals surface area contributed by atoms with E-state index in [4.69, 9.17) is 4.74 Å². The van der Waals surface area contributed by atoms with Crippen LogP contribution in [0.4, 0.5) is 13.2 Å². The second kappa shape index (κ2) is 6.31. The first-order chi connectivity index (χ1) is 10.7. The molecule has 0 amide bonds. The minimum atomic E-state index is -4.72. The van der Waals surface area contributed by atoms with Crippen molar-refractivity contribution in [3.05, 3.63) is 46.8 Å². The van der Waals surface area contributed by atoms with E-state index < -0.39 is 12.3 Å². The topological polar surface area (TPSA) is 53.4 Å². The number of esters is 1. The monoisotopic (exact) mass is 328 g/mol. The van der Waals surface area contributed by atoms with E-state index in [1.165, 1.54) is 31.4 Å². The first-order valence-electron chi connectivity index (χ1n) is 6.66. The second-order valence-corrected chi connectivity index (χ2v) is 4.89. The molecule has 0 saturated heterocycles. The van der Waals surface area contributed by atoms with Crippen molar-refractivity contribution < 1.29 is 27.4 Å². The normalized spacial score (nSPS) is 11.4. The van der Waals surface area contributed by atoms with Crippen LogP contribution in [0.5, 0.6) is 5.75 Å². The summed E-state index contributed by atoms with van der Waals surface area (Å²) in [5, 5.41) is 4.26. The van der Waals surface area contributed by atoms with Gasteiger partial charge >= 0.3 is 12.3 Å². The maximum Gasteiger partial charge on any atom is 0.573 e. The molecule has 0 fully saturated rings. The Morgan fingerprint density at radius 1 is 1.26 bits per heavy atom. The summed E-state index contributed by atoms with van der Waals surface area (Å²) in [4.78, 5) is 11.8. The number of benzene rings is 1. The molecule has 1 aromatic heterocycles. The molecule has 0 aliphatic carbocycles. The summed E-state index contributed by atoms with van der Waals surface area (Å²) < 4.78 is 46.5. The van der Waals surface area contributed by atoms with Gasteiger partial charge in [0.1, 0.15) is 11.3 Å². The Kier molecular flexibility index (Phi) is 4.63. The van der Waals surface area contributed by atoms with E-state index in [0.717, 1.165) is 0 Å². The standard InChI is InChI=1S/C15H15F3N2O3/c1-9-13(14(21)22-3)12(19-20(9)2)8-10-4-6-11(7-5-10)23-15(16,17)18/h4-7H,8H2,1-3H3. The quantitative estimate of drug-likeness (QED) is 0.810. The highest BCUT2D eigenvalue weighted by Crippen LogP contribution is 2.24. The molecular formula is C15H15F3N2O3. The number of hydrogen-bond donors (Lipinski definition) is 0. The highest BCUT2D eigenvalue weighted by Gasteiger charge is 2.31. The molecule has 124 valence electrons. The molecule has 0 aliphatic heterocycles. The van der Waals surface area contributed by atoms with Gasteiger partial charge in [-0.3, -0.25) is 4.68 Å². The Bertz CT molecular complexity index is 706. The third-order valence-corrected chi connectivity index (χ3v) is 3.32. The third kappa shape index (κ3) is 4.02. The zero-order chi connectivity index (χ0) is 17.2. The van der Waals surface area contributed by atoms with Crippen LogP contribution in [0.15, 0.2) is 24.3 Å². The largest absolute Gasteiger partial charge is 0.573 e. The van der Waals surface area contributed by atoms with E-state index in [2.05, 4.69) is 9.84 Å². The summed E-state index contributed by atoms with van der Waals surface area (Å²) in [6.45, 7) is 1.74. The molecule has 0 spiro atoms. The van der Waals surface area contributed by atoms with Crippen LogP contribution in [0, 0.1) is 6.92 Å². The van der Waals surface area contributed by atoms with Crippen LogP contribution in [-0.2, 0) is 18.2 Å². The fourth-order valence-corrected chi connectivity index (χ4v) is 2.17. The minimum absolute atomic E-state index is 0.290. The van der Waals surface area contributed by atoms with Gasteiger partial charge in [0.25, 0.3) is 0 Å². The van der Waals surface area contributed by atoms with Gasteiger partial charge in [0.15, 0.2) is 0 Å². The van der Waals surface area contributed by atoms with Crippen molar-refractivity contribution in [2.45, 2.75) is 19.7 Å². The van der Waals surface area contributed by atoms with Crippen molar-refractivity contribution in [3.63, 3.8) is 0 Å². The highest BCUT2D eigenvalue weighted by atomic mass is 19.4. The molecule has 2 aromatic rings. The van der Waals surface area contributed by atoms with E-state index >= 15 is 0 Å². The van der Waals surface area contributed by atoms with Crippen LogP contribution in [0.25, 0.3) is 0 Å². The number of alkyl halides is 3. The van der Waals surface area contributed by atoms with Crippen LogP contribution in [0.2, 0.25) is 0 Å². The van der Waals surface area contributed by atoms with Gasteiger partial charge in [-0.1, -0.05) is 12.1 Å². The SMILES string of the molecule is COC(=O)c1c(Cc2ccc(OC(F)(F)F)cc2)nn(C)c1C. The van der Waals surface area contributed by atoms with Gasteiger partial charge in [0.05, 0.1) is 12.8 Å². The van der Waals surface area contributed by atoms with E-state index in [0.29, 0.717) is 28.9 Å². The number of aryl methyl sites for hydroxylation is 1. The number of hydrogen-bond acceptors (Lipinski definition) is 4. The van der Waals surface area contributed by atoms with E-state index in [1.807, 2.05) is 0 Å². The summed E-state index contributed by atoms with van der Waals surface area (Å²) in [5.41, 5.74) is 2.22. The molecule has 0 N–H and O–H groups in total. The Hall–Kier alpha value is -2.51. The average molecular weight is 328 g/mol. The lowest BCUT2D eigenvalue weighted by Gasteiger charge is -2.09. The first kappa shape index (κ1) is 16.9. The van der Waals surface area contributed by atoms with Gasteiger partial charge in [-0.25, -0.2) is 4.79 Å². The summed E-state index contributed by atoms with van der Waals surface area (Å²) >= 11 is 0. The highest BCUT2D eigenvalue weighted by molar-refractivity contribution is 5.92. The molecule has 5 nitrogen and oxygen atoms in total. The van der Waals surface area contributed by atoms with Crippen molar-refractivity contribution in [1.29, 1.82) is 0 Å². The summed E-state index contributed by atoms with van der Waals surface area (Å²) in [6.07, 6.45) is -4.43. The van der Waals surface area contributed by atoms with Crippen LogP contribution in [-0.4, -0.2) is 29.2 Å². The zero-order valence-electron chi connectivity index (χ0n) is 12.8. The smallest absolute Gasteiger partial charge is 0.465 e. The fraction of sp³-hybridized carbons (Fsp3) is 0.333. The van der Waals surface area contributed by atoms with Crippen molar-refractivity contribution >= 4 is 5.97 Å². The van der Waals surface area contributed by atoms with Crippen LogP contribution < -0.4 is 4.74 Å². The van der Waals surface area contributed by atoms with Crippen molar-refractivity contribution in [1.82, 2.24) is 9.78 Å². The Labute approximate surface area is 130 Å². The van der Waals surface area contributed by atoms with E-state index in [-0.39, 0.29) is 5.75 Å². The molecule has 1 heterocycles. The lowest BCUT2D eigenvalue weighted by molar-refractivity contribution is -0.274. The zero-order valence-corrected chi connectivity index (χ0v) is 12.8. The number of halogens is 3. The number of aromatic nitrogens is 2. The number of rotatable bonds is 4. The molecule has 0 atom stereocenters. The van der Waals surface area contributed by atoms with Crippen molar-refractivity contribution in [3.8, 4) is 5.75 Å². The fourth-order valence-electron chi connectivity index (χ4n) is 2.17. The molecule has 0 unspecified atom stereocenters. The van der Waals surface area contributed by atoms with Gasteiger partial charge in [-0.05, 0) is 24.6 Å². The number of carbonyl (C=O) groups is 1. The van der Waals surface area contributed by atoms with Crippen LogP contribution in [0.3, 0.4) is 0 Å². The van der Waals surface area contributed by atoms with Gasteiger partial charge < -0.3 is 9.47 Å². The van der Waals surface area contributed by atoms with Gasteiger partial charge in [-0.15, -0.1) is 13.2 Å². The lowest BCUT2D eigenvalue weighted by atomic mass is 10.1. The minimum Gasteiger partial charge on any atom is -0.465 e. The van der Waals surface area contributed by atoms with Crippen LogP contribution >= 0.6 is 0 Å². The number of nitrogens with zero attached hydrogens (tertiary/aromatic N) is 2. The molecule has 2 rings (SSSR count). The lowest BCUT2D eigenvalue weighted by Crippen LogP contribution is -2.17. The Balaban J connectivity index is 2.23. The summed E-state index contributed by atoms with van der Waals surface area (Å²) in [5.74, 6) is -0.797. The number of carbonyl (C=O) groups excluding carboxylic acids is 1. The number of ether oxygens (including phenoxy) is 2. The predicted molar refractivity (Wildman–Crippen MR) is 75.2 cm³/mol. The molecule has 0 aliphatic rings. The molecule has 8 heteroatoms. The van der Waals surface area contributed by atoms with E-state index in [1.54, 1.807) is 18.7 Å².